The largest absolute Gasteiger partial charge is 0.478 e. The number of halogens is 3. The van der Waals surface area contributed by atoms with Crippen LogP contribution >= 0.6 is 0 Å². The zero-order chi connectivity index (χ0) is 14.0. The summed E-state index contributed by atoms with van der Waals surface area (Å²) in [4.78, 5) is 14.8. The third-order valence-corrected chi connectivity index (χ3v) is 2.57. The standard InChI is InChI=1S/C13H8F3NO2/c14-13(15,16)9-1-2-10(12(18)19)11(7-9)8-3-5-17-6-4-8/h1-7H,(H,18,19). The Kier molecular flexibility index (Phi) is 3.25. The van der Waals surface area contributed by atoms with E-state index in [2.05, 4.69) is 4.98 Å². The lowest BCUT2D eigenvalue weighted by atomic mass is 9.98. The van der Waals surface area contributed by atoms with Crippen LogP contribution in [-0.4, -0.2) is 16.1 Å². The van der Waals surface area contributed by atoms with E-state index in [0.717, 1.165) is 18.2 Å². The van der Waals surface area contributed by atoms with E-state index >= 15 is 0 Å². The fourth-order valence-corrected chi connectivity index (χ4v) is 1.68. The highest BCUT2D eigenvalue weighted by Gasteiger charge is 2.31. The van der Waals surface area contributed by atoms with E-state index < -0.39 is 17.7 Å². The average molecular weight is 267 g/mol. The van der Waals surface area contributed by atoms with Crippen LogP contribution in [0.25, 0.3) is 11.1 Å². The van der Waals surface area contributed by atoms with Crippen molar-refractivity contribution in [3.05, 3.63) is 53.9 Å². The van der Waals surface area contributed by atoms with Gasteiger partial charge in [-0.25, -0.2) is 4.79 Å². The lowest BCUT2D eigenvalue weighted by Crippen LogP contribution is -2.07. The molecule has 0 spiro atoms. The Balaban J connectivity index is 2.65. The number of rotatable bonds is 2. The minimum Gasteiger partial charge on any atom is -0.478 e. The van der Waals surface area contributed by atoms with E-state index in [1.165, 1.54) is 24.5 Å². The highest BCUT2D eigenvalue weighted by atomic mass is 19.4. The molecule has 0 amide bonds. The Bertz CT molecular complexity index is 609. The summed E-state index contributed by atoms with van der Waals surface area (Å²) < 4.78 is 38.0. The maximum atomic E-state index is 12.7. The minimum absolute atomic E-state index is 0.0183. The molecule has 0 aliphatic heterocycles. The van der Waals surface area contributed by atoms with Crippen molar-refractivity contribution in [2.45, 2.75) is 6.18 Å². The van der Waals surface area contributed by atoms with Gasteiger partial charge in [-0.1, -0.05) is 0 Å². The molecule has 19 heavy (non-hydrogen) atoms. The summed E-state index contributed by atoms with van der Waals surface area (Å²) >= 11 is 0. The molecule has 1 N–H and O–H groups in total. The molecule has 1 heterocycles. The van der Waals surface area contributed by atoms with Crippen molar-refractivity contribution in [1.29, 1.82) is 0 Å². The number of carboxylic acid groups (broad SMARTS) is 1. The van der Waals surface area contributed by atoms with Crippen LogP contribution < -0.4 is 0 Å². The van der Waals surface area contributed by atoms with Gasteiger partial charge in [-0.2, -0.15) is 13.2 Å². The molecule has 0 saturated carbocycles. The fraction of sp³-hybridized carbons (Fsp3) is 0.0769. The quantitative estimate of drug-likeness (QED) is 0.906. The number of pyridine rings is 1. The van der Waals surface area contributed by atoms with Gasteiger partial charge in [0, 0.05) is 12.4 Å². The summed E-state index contributed by atoms with van der Waals surface area (Å²) in [6.07, 6.45) is -1.73. The molecule has 0 bridgehead atoms. The average Bonchev–Trinajstić information content (AvgIpc) is 2.38. The molecular weight excluding hydrogens is 259 g/mol. The molecule has 0 aliphatic rings. The molecule has 2 aromatic rings. The summed E-state index contributed by atoms with van der Waals surface area (Å²) in [5.41, 5.74) is -0.674. The monoisotopic (exact) mass is 267 g/mol. The van der Waals surface area contributed by atoms with E-state index in [1.807, 2.05) is 0 Å². The lowest BCUT2D eigenvalue weighted by Gasteiger charge is -2.11. The molecule has 0 aliphatic carbocycles. The third kappa shape index (κ3) is 2.73. The smallest absolute Gasteiger partial charge is 0.416 e. The number of hydrogen-bond donors (Lipinski definition) is 1. The van der Waals surface area contributed by atoms with E-state index in [4.69, 9.17) is 5.11 Å². The highest BCUT2D eigenvalue weighted by molar-refractivity contribution is 5.96. The van der Waals surface area contributed by atoms with Gasteiger partial charge < -0.3 is 5.11 Å². The highest BCUT2D eigenvalue weighted by Crippen LogP contribution is 2.33. The first-order valence-corrected chi connectivity index (χ1v) is 5.24. The first-order chi connectivity index (χ1) is 8.89. The Labute approximate surface area is 106 Å². The first kappa shape index (κ1) is 13.1. The molecule has 3 nitrogen and oxygen atoms in total. The maximum Gasteiger partial charge on any atom is 0.416 e. The lowest BCUT2D eigenvalue weighted by molar-refractivity contribution is -0.137. The van der Waals surface area contributed by atoms with Crippen molar-refractivity contribution in [2.75, 3.05) is 0 Å². The molecule has 1 aromatic carbocycles. The van der Waals surface area contributed by atoms with E-state index in [1.54, 1.807) is 0 Å². The fourth-order valence-electron chi connectivity index (χ4n) is 1.68. The van der Waals surface area contributed by atoms with Crippen LogP contribution in [0.15, 0.2) is 42.7 Å². The van der Waals surface area contributed by atoms with Gasteiger partial charge in [0.25, 0.3) is 0 Å². The van der Waals surface area contributed by atoms with Crippen molar-refractivity contribution in [3.63, 3.8) is 0 Å². The second-order valence-corrected chi connectivity index (χ2v) is 3.80. The SMILES string of the molecule is O=C(O)c1ccc(C(F)(F)F)cc1-c1ccncc1. The van der Waals surface area contributed by atoms with Crippen molar-refractivity contribution in [2.24, 2.45) is 0 Å². The van der Waals surface area contributed by atoms with Crippen LogP contribution in [-0.2, 0) is 6.18 Å². The Morgan fingerprint density at radius 2 is 1.74 bits per heavy atom. The molecule has 1 aromatic heterocycles. The number of nitrogens with zero attached hydrogens (tertiary/aromatic N) is 1. The zero-order valence-corrected chi connectivity index (χ0v) is 9.48. The summed E-state index contributed by atoms with van der Waals surface area (Å²) in [7, 11) is 0. The second-order valence-electron chi connectivity index (χ2n) is 3.80. The maximum absolute atomic E-state index is 12.7. The topological polar surface area (TPSA) is 50.2 Å². The number of alkyl halides is 3. The molecule has 98 valence electrons. The molecule has 0 unspecified atom stereocenters. The Hall–Kier alpha value is -2.37. The van der Waals surface area contributed by atoms with Gasteiger partial charge in [-0.15, -0.1) is 0 Å². The van der Waals surface area contributed by atoms with E-state index in [0.29, 0.717) is 5.56 Å². The van der Waals surface area contributed by atoms with Crippen molar-refractivity contribution >= 4 is 5.97 Å². The summed E-state index contributed by atoms with van der Waals surface area (Å²) in [6, 6.07) is 5.47. The van der Waals surface area contributed by atoms with Crippen LogP contribution in [0, 0.1) is 0 Å². The Morgan fingerprint density at radius 3 is 2.26 bits per heavy atom. The summed E-state index contributed by atoms with van der Waals surface area (Å²) in [6.45, 7) is 0. The van der Waals surface area contributed by atoms with Crippen molar-refractivity contribution in [3.8, 4) is 11.1 Å². The number of aromatic nitrogens is 1. The molecule has 0 saturated heterocycles. The van der Waals surface area contributed by atoms with Crippen LogP contribution in [0.3, 0.4) is 0 Å². The minimum atomic E-state index is -4.52. The molecule has 0 atom stereocenters. The number of carboxylic acids is 1. The molecular formula is C13H8F3NO2. The van der Waals surface area contributed by atoms with E-state index in [9.17, 15) is 18.0 Å². The van der Waals surface area contributed by atoms with Gasteiger partial charge in [0.15, 0.2) is 0 Å². The van der Waals surface area contributed by atoms with Crippen molar-refractivity contribution < 1.29 is 23.1 Å². The van der Waals surface area contributed by atoms with Crippen LogP contribution in [0.5, 0.6) is 0 Å². The van der Waals surface area contributed by atoms with E-state index in [-0.39, 0.29) is 11.1 Å². The van der Waals surface area contributed by atoms with Gasteiger partial charge >= 0.3 is 12.1 Å². The molecule has 2 rings (SSSR count). The van der Waals surface area contributed by atoms with Gasteiger partial charge in [0.1, 0.15) is 0 Å². The van der Waals surface area contributed by atoms with Crippen LogP contribution in [0.2, 0.25) is 0 Å². The number of hydrogen-bond acceptors (Lipinski definition) is 2. The van der Waals surface area contributed by atoms with Crippen LogP contribution in [0.4, 0.5) is 13.2 Å². The Morgan fingerprint density at radius 1 is 1.11 bits per heavy atom. The van der Waals surface area contributed by atoms with Gasteiger partial charge in [0.05, 0.1) is 11.1 Å². The molecule has 6 heteroatoms. The van der Waals surface area contributed by atoms with Crippen molar-refractivity contribution in [1.82, 2.24) is 4.98 Å². The predicted octanol–water partition coefficient (Wildman–Crippen LogP) is 3.47. The predicted molar refractivity (Wildman–Crippen MR) is 61.6 cm³/mol. The van der Waals surface area contributed by atoms with Crippen LogP contribution in [0.1, 0.15) is 15.9 Å². The number of aromatic carboxylic acids is 1. The van der Waals surface area contributed by atoms with Gasteiger partial charge in [0.2, 0.25) is 0 Å². The summed E-state index contributed by atoms with van der Waals surface area (Å²) in [5.74, 6) is -1.28. The number of carbonyl (C=O) groups is 1. The second kappa shape index (κ2) is 4.72. The first-order valence-electron chi connectivity index (χ1n) is 5.24. The summed E-state index contributed by atoms with van der Waals surface area (Å²) in [5, 5.41) is 9.02. The normalized spacial score (nSPS) is 11.3. The third-order valence-electron chi connectivity index (χ3n) is 2.57. The van der Waals surface area contributed by atoms with Gasteiger partial charge in [-0.3, -0.25) is 4.98 Å². The number of benzene rings is 1. The molecule has 0 radical (unpaired) electrons. The zero-order valence-electron chi connectivity index (χ0n) is 9.48. The molecule has 0 fully saturated rings. The van der Waals surface area contributed by atoms with Gasteiger partial charge in [-0.05, 0) is 41.5 Å².